The fourth-order valence-electron chi connectivity index (χ4n) is 5.52. The van der Waals surface area contributed by atoms with Crippen molar-refractivity contribution >= 4 is 52.4 Å². The number of halogens is 4. The van der Waals surface area contributed by atoms with Crippen molar-refractivity contribution in [1.29, 1.82) is 0 Å². The smallest absolute Gasteiger partial charge is 0.303 e. The molecule has 27 heavy (non-hydrogen) atoms. The van der Waals surface area contributed by atoms with Gasteiger partial charge in [-0.15, -0.1) is 23.2 Å². The lowest BCUT2D eigenvalue weighted by Gasteiger charge is -2.43. The van der Waals surface area contributed by atoms with Gasteiger partial charge < -0.3 is 23.7 Å². The second-order valence-corrected chi connectivity index (χ2v) is 9.71. The summed E-state index contributed by atoms with van der Waals surface area (Å²) in [5.41, 5.74) is 0. The molecule has 0 N–H and O–H groups in total. The number of hydrogen-bond donors (Lipinski definition) is 0. The summed E-state index contributed by atoms with van der Waals surface area (Å²) in [5, 5.41) is 0.253. The Bertz CT molecular complexity index is 737. The Balaban J connectivity index is 1.95. The highest BCUT2D eigenvalue weighted by atomic mass is 35.5. The maximum atomic E-state index is 11.8. The van der Waals surface area contributed by atoms with Gasteiger partial charge in [-0.05, 0) is 13.8 Å². The van der Waals surface area contributed by atoms with Crippen LogP contribution in [-0.2, 0) is 28.5 Å². The van der Waals surface area contributed by atoms with Crippen molar-refractivity contribution in [3.63, 3.8) is 0 Å². The quantitative estimate of drug-likeness (QED) is 0.365. The average molecular weight is 462 g/mol. The van der Waals surface area contributed by atoms with Crippen LogP contribution in [0.25, 0.3) is 0 Å². The van der Waals surface area contributed by atoms with Crippen molar-refractivity contribution in [2.24, 2.45) is 11.8 Å². The Labute approximate surface area is 177 Å². The SMILES string of the molecule is COC1(OC)[C@@]2(Cl)C(Cl)=C(Cl)[C@]1(Cl)[C@@H]1[C@H]3OC(C)(C)O[C@H]3[C@H](OC(C)=O)[C@@H]12. The van der Waals surface area contributed by atoms with E-state index in [9.17, 15) is 4.79 Å². The number of rotatable bonds is 3. The number of esters is 1. The molecule has 2 bridgehead atoms. The first kappa shape index (κ1) is 20.5. The zero-order valence-electron chi connectivity index (χ0n) is 15.3. The molecule has 10 heteroatoms. The van der Waals surface area contributed by atoms with Gasteiger partial charge in [0.2, 0.25) is 5.79 Å². The van der Waals surface area contributed by atoms with Crippen LogP contribution in [-0.4, -0.2) is 59.8 Å². The first-order chi connectivity index (χ1) is 12.4. The Hall–Kier alpha value is 0.210. The summed E-state index contributed by atoms with van der Waals surface area (Å²) in [5.74, 6) is -4.07. The minimum Gasteiger partial charge on any atom is -0.459 e. The minimum absolute atomic E-state index is 0.113. The lowest BCUT2D eigenvalue weighted by Crippen LogP contribution is -2.60. The predicted octanol–water partition coefficient (Wildman–Crippen LogP) is 3.34. The molecular formula is C17H20Cl4O6. The normalized spacial score (nSPS) is 48.7. The van der Waals surface area contributed by atoms with Crippen LogP contribution in [0.1, 0.15) is 20.8 Å². The van der Waals surface area contributed by atoms with Gasteiger partial charge in [-0.1, -0.05) is 23.2 Å². The number of ether oxygens (including phenoxy) is 5. The molecular weight excluding hydrogens is 442 g/mol. The van der Waals surface area contributed by atoms with E-state index in [1.807, 2.05) is 0 Å². The van der Waals surface area contributed by atoms with Crippen LogP contribution in [0.15, 0.2) is 10.1 Å². The van der Waals surface area contributed by atoms with Gasteiger partial charge in [-0.3, -0.25) is 4.79 Å². The highest BCUT2D eigenvalue weighted by Gasteiger charge is 2.90. The van der Waals surface area contributed by atoms with Crippen LogP contribution in [0.3, 0.4) is 0 Å². The number of methoxy groups -OCH3 is 2. The van der Waals surface area contributed by atoms with E-state index in [-0.39, 0.29) is 10.1 Å². The van der Waals surface area contributed by atoms with Crippen molar-refractivity contribution in [1.82, 2.24) is 0 Å². The van der Waals surface area contributed by atoms with E-state index in [0.29, 0.717) is 0 Å². The molecule has 6 nitrogen and oxygen atoms in total. The molecule has 4 rings (SSSR count). The zero-order valence-corrected chi connectivity index (χ0v) is 18.4. The van der Waals surface area contributed by atoms with Crippen molar-refractivity contribution in [3.8, 4) is 0 Å². The summed E-state index contributed by atoms with van der Waals surface area (Å²) in [6, 6.07) is 0. The molecule has 1 heterocycles. The maximum Gasteiger partial charge on any atom is 0.303 e. The number of carbonyl (C=O) groups excluding carboxylic acids is 1. The molecule has 3 fully saturated rings. The van der Waals surface area contributed by atoms with Crippen LogP contribution in [0, 0.1) is 11.8 Å². The summed E-state index contributed by atoms with van der Waals surface area (Å²) < 4.78 is 29.3. The maximum absolute atomic E-state index is 11.8. The Kier molecular flexibility index (Phi) is 4.46. The second-order valence-electron chi connectivity index (χ2n) is 7.77. The van der Waals surface area contributed by atoms with Crippen molar-refractivity contribution < 1.29 is 28.5 Å². The molecule has 0 radical (unpaired) electrons. The standard InChI is InChI=1S/C17H20Cl4O6/c1-6(22)25-9-7-8(10-11(9)27-14(2,3)26-10)16(21)13(19)12(18)15(7,20)17(16,23-4)24-5/h7-11H,1-5H3/t7-,8+,9-,10-,11+,15+,16-/m1/s1. The summed E-state index contributed by atoms with van der Waals surface area (Å²) in [6.45, 7) is 4.87. The average Bonchev–Trinajstić information content (AvgIpc) is 3.13. The fourth-order valence-corrected chi connectivity index (χ4v) is 7.78. The minimum atomic E-state index is -1.58. The van der Waals surface area contributed by atoms with E-state index >= 15 is 0 Å². The van der Waals surface area contributed by atoms with E-state index in [1.165, 1.54) is 21.1 Å². The Morgan fingerprint density at radius 1 is 0.963 bits per heavy atom. The first-order valence-electron chi connectivity index (χ1n) is 8.50. The van der Waals surface area contributed by atoms with Crippen molar-refractivity contribution in [3.05, 3.63) is 10.1 Å². The van der Waals surface area contributed by atoms with Gasteiger partial charge in [-0.2, -0.15) is 0 Å². The van der Waals surface area contributed by atoms with Crippen LogP contribution >= 0.6 is 46.4 Å². The number of fused-ring (bicyclic) bond motifs is 7. The Morgan fingerprint density at radius 3 is 1.93 bits per heavy atom. The molecule has 152 valence electrons. The topological polar surface area (TPSA) is 63.2 Å². The highest BCUT2D eigenvalue weighted by Crippen LogP contribution is 2.78. The van der Waals surface area contributed by atoms with Gasteiger partial charge >= 0.3 is 5.97 Å². The molecule has 2 saturated carbocycles. The van der Waals surface area contributed by atoms with Crippen LogP contribution in [0.2, 0.25) is 0 Å². The van der Waals surface area contributed by atoms with E-state index in [0.717, 1.165) is 0 Å². The van der Waals surface area contributed by atoms with Crippen LogP contribution < -0.4 is 0 Å². The second kappa shape index (κ2) is 5.88. The monoisotopic (exact) mass is 460 g/mol. The van der Waals surface area contributed by atoms with Gasteiger partial charge in [0, 0.05) is 33.0 Å². The molecule has 4 aliphatic rings. The lowest BCUT2D eigenvalue weighted by atomic mass is 9.83. The molecule has 0 amide bonds. The van der Waals surface area contributed by atoms with Crippen LogP contribution in [0.5, 0.6) is 0 Å². The summed E-state index contributed by atoms with van der Waals surface area (Å²) >= 11 is 27.4. The van der Waals surface area contributed by atoms with Gasteiger partial charge in [-0.25, -0.2) is 0 Å². The van der Waals surface area contributed by atoms with Crippen LogP contribution in [0.4, 0.5) is 0 Å². The molecule has 3 aliphatic carbocycles. The lowest BCUT2D eigenvalue weighted by molar-refractivity contribution is -0.226. The van der Waals surface area contributed by atoms with Gasteiger partial charge in [0.1, 0.15) is 22.0 Å². The molecule has 0 aromatic rings. The van der Waals surface area contributed by atoms with Crippen molar-refractivity contribution in [2.75, 3.05) is 14.2 Å². The molecule has 0 aromatic carbocycles. The largest absolute Gasteiger partial charge is 0.459 e. The zero-order chi connectivity index (χ0) is 20.2. The number of carbonyl (C=O) groups is 1. The third-order valence-corrected chi connectivity index (χ3v) is 8.81. The molecule has 0 unspecified atom stereocenters. The summed E-state index contributed by atoms with van der Waals surface area (Å²) in [6.07, 6.45) is -1.88. The summed E-state index contributed by atoms with van der Waals surface area (Å²) in [4.78, 5) is 8.92. The first-order valence-corrected chi connectivity index (χ1v) is 10.0. The third-order valence-electron chi connectivity index (χ3n) is 6.17. The van der Waals surface area contributed by atoms with Gasteiger partial charge in [0.15, 0.2) is 5.79 Å². The van der Waals surface area contributed by atoms with E-state index < -0.39 is 57.4 Å². The highest BCUT2D eigenvalue weighted by molar-refractivity contribution is 6.52. The van der Waals surface area contributed by atoms with E-state index in [4.69, 9.17) is 70.1 Å². The van der Waals surface area contributed by atoms with Gasteiger partial charge in [0.05, 0.1) is 16.2 Å². The molecule has 0 spiro atoms. The van der Waals surface area contributed by atoms with Crippen molar-refractivity contribution in [2.45, 2.75) is 60.4 Å². The van der Waals surface area contributed by atoms with E-state index in [1.54, 1.807) is 13.8 Å². The molecule has 0 aromatic heterocycles. The summed E-state index contributed by atoms with van der Waals surface area (Å²) in [7, 11) is 2.85. The third kappa shape index (κ3) is 2.07. The molecule has 1 aliphatic heterocycles. The molecule has 1 saturated heterocycles. The molecule has 7 atom stereocenters. The Morgan fingerprint density at radius 2 is 1.44 bits per heavy atom. The van der Waals surface area contributed by atoms with E-state index in [2.05, 4.69) is 0 Å². The van der Waals surface area contributed by atoms with Gasteiger partial charge in [0.25, 0.3) is 0 Å². The predicted molar refractivity (Wildman–Crippen MR) is 99.0 cm³/mol. The number of alkyl halides is 2. The fraction of sp³-hybridized carbons (Fsp3) is 0.824. The number of hydrogen-bond acceptors (Lipinski definition) is 6.